The molecule has 0 N–H and O–H groups in total. The van der Waals surface area contributed by atoms with E-state index in [2.05, 4.69) is 27.8 Å². The van der Waals surface area contributed by atoms with Gasteiger partial charge in [-0.25, -0.2) is 0 Å². The summed E-state index contributed by atoms with van der Waals surface area (Å²) >= 11 is 5.23. The van der Waals surface area contributed by atoms with Crippen molar-refractivity contribution in [2.75, 3.05) is 7.05 Å². The van der Waals surface area contributed by atoms with Gasteiger partial charge < -0.3 is 0 Å². The van der Waals surface area contributed by atoms with E-state index in [4.69, 9.17) is 0 Å². The van der Waals surface area contributed by atoms with E-state index in [1.54, 1.807) is 23.5 Å². The summed E-state index contributed by atoms with van der Waals surface area (Å²) in [4.78, 5) is 13.9. The van der Waals surface area contributed by atoms with Gasteiger partial charge in [0.15, 0.2) is 0 Å². The van der Waals surface area contributed by atoms with Gasteiger partial charge in [-0.3, -0.25) is 15.0 Å². The molecule has 0 saturated carbocycles. The number of benzene rings is 1. The van der Waals surface area contributed by atoms with Crippen LogP contribution < -0.4 is 0 Å². The zero-order valence-corrected chi connectivity index (χ0v) is 13.6. The molecular formula is C14H15BrN2O2S. The fourth-order valence-electron chi connectivity index (χ4n) is 1.95. The molecule has 0 spiro atoms. The fourth-order valence-corrected chi connectivity index (χ4v) is 3.49. The van der Waals surface area contributed by atoms with E-state index in [1.807, 2.05) is 24.6 Å². The van der Waals surface area contributed by atoms with Crippen LogP contribution in [0.4, 0.5) is 5.69 Å². The van der Waals surface area contributed by atoms with Crippen molar-refractivity contribution in [3.8, 4) is 0 Å². The summed E-state index contributed by atoms with van der Waals surface area (Å²) < 4.78 is 1.11. The van der Waals surface area contributed by atoms with Crippen LogP contribution in [0.2, 0.25) is 0 Å². The first-order valence-electron chi connectivity index (χ1n) is 6.15. The number of rotatable bonds is 5. The third-order valence-electron chi connectivity index (χ3n) is 3.31. The lowest BCUT2D eigenvalue weighted by Crippen LogP contribution is -2.21. The van der Waals surface area contributed by atoms with Crippen LogP contribution in [0.3, 0.4) is 0 Å². The standard InChI is InChI=1S/C14H15BrN2O2S/c1-10(11-4-3-5-12(8-11)17(18)19)16(2)9-14-13(15)6-7-20-14/h3-8,10H,9H2,1-2H3. The lowest BCUT2D eigenvalue weighted by atomic mass is 10.1. The molecule has 0 fully saturated rings. The minimum Gasteiger partial charge on any atom is -0.295 e. The lowest BCUT2D eigenvalue weighted by molar-refractivity contribution is -0.384. The molecule has 1 unspecified atom stereocenters. The van der Waals surface area contributed by atoms with E-state index in [0.717, 1.165) is 16.6 Å². The van der Waals surface area contributed by atoms with Gasteiger partial charge in [-0.05, 0) is 46.9 Å². The van der Waals surface area contributed by atoms with Gasteiger partial charge in [0.1, 0.15) is 0 Å². The Morgan fingerprint density at radius 2 is 2.20 bits per heavy atom. The van der Waals surface area contributed by atoms with Crippen molar-refractivity contribution in [2.45, 2.75) is 19.5 Å². The number of thiophene rings is 1. The molecule has 0 amide bonds. The molecule has 2 rings (SSSR count). The first kappa shape index (κ1) is 15.2. The molecule has 1 aromatic carbocycles. The Balaban J connectivity index is 2.14. The van der Waals surface area contributed by atoms with Crippen molar-refractivity contribution in [2.24, 2.45) is 0 Å². The van der Waals surface area contributed by atoms with Gasteiger partial charge in [-0.1, -0.05) is 12.1 Å². The number of hydrogen-bond donors (Lipinski definition) is 0. The predicted molar refractivity (Wildman–Crippen MR) is 85.0 cm³/mol. The highest BCUT2D eigenvalue weighted by Crippen LogP contribution is 2.28. The SMILES string of the molecule is CC(c1cccc([N+](=O)[O-])c1)N(C)Cc1sccc1Br. The molecule has 0 aliphatic carbocycles. The highest BCUT2D eigenvalue weighted by molar-refractivity contribution is 9.10. The van der Waals surface area contributed by atoms with Crippen LogP contribution in [0.15, 0.2) is 40.2 Å². The monoisotopic (exact) mass is 354 g/mol. The van der Waals surface area contributed by atoms with Crippen LogP contribution in [-0.2, 0) is 6.54 Å². The number of halogens is 1. The highest BCUT2D eigenvalue weighted by Gasteiger charge is 2.16. The molecule has 0 aliphatic rings. The Morgan fingerprint density at radius 3 is 2.80 bits per heavy atom. The van der Waals surface area contributed by atoms with Crippen molar-refractivity contribution in [3.05, 3.63) is 60.7 Å². The van der Waals surface area contributed by atoms with Crippen LogP contribution >= 0.6 is 27.3 Å². The molecule has 2 aromatic rings. The van der Waals surface area contributed by atoms with Crippen molar-refractivity contribution in [1.29, 1.82) is 0 Å². The van der Waals surface area contributed by atoms with Crippen LogP contribution in [0.5, 0.6) is 0 Å². The fraction of sp³-hybridized carbons (Fsp3) is 0.286. The molecule has 0 saturated heterocycles. The first-order chi connectivity index (χ1) is 9.49. The number of hydrogen-bond acceptors (Lipinski definition) is 4. The van der Waals surface area contributed by atoms with Crippen LogP contribution in [-0.4, -0.2) is 16.9 Å². The molecule has 0 bridgehead atoms. The van der Waals surface area contributed by atoms with Crippen molar-refractivity contribution in [1.82, 2.24) is 4.90 Å². The van der Waals surface area contributed by atoms with E-state index in [9.17, 15) is 10.1 Å². The topological polar surface area (TPSA) is 46.4 Å². The van der Waals surface area contributed by atoms with E-state index in [0.29, 0.717) is 0 Å². The Labute approximate surface area is 130 Å². The summed E-state index contributed by atoms with van der Waals surface area (Å²) in [5.74, 6) is 0. The quantitative estimate of drug-likeness (QED) is 0.581. The minimum absolute atomic E-state index is 0.115. The number of nitrogens with zero attached hydrogens (tertiary/aromatic N) is 2. The lowest BCUT2D eigenvalue weighted by Gasteiger charge is -2.24. The van der Waals surface area contributed by atoms with Crippen molar-refractivity contribution >= 4 is 33.0 Å². The average Bonchev–Trinajstić information content (AvgIpc) is 2.83. The highest BCUT2D eigenvalue weighted by atomic mass is 79.9. The molecule has 4 nitrogen and oxygen atoms in total. The van der Waals surface area contributed by atoms with Crippen molar-refractivity contribution in [3.63, 3.8) is 0 Å². The number of nitro groups is 1. The molecule has 0 aliphatic heterocycles. The summed E-state index contributed by atoms with van der Waals surface area (Å²) in [6.07, 6.45) is 0. The predicted octanol–water partition coefficient (Wildman–Crippen LogP) is 4.61. The van der Waals surface area contributed by atoms with Crippen molar-refractivity contribution < 1.29 is 4.92 Å². The molecule has 1 atom stereocenters. The summed E-state index contributed by atoms with van der Waals surface area (Å²) in [6.45, 7) is 2.86. The van der Waals surface area contributed by atoms with Gasteiger partial charge in [0.05, 0.1) is 4.92 Å². The van der Waals surface area contributed by atoms with Crippen LogP contribution in [0.1, 0.15) is 23.4 Å². The van der Waals surface area contributed by atoms with Gasteiger partial charge in [0.2, 0.25) is 0 Å². The summed E-state index contributed by atoms with van der Waals surface area (Å²) in [5, 5.41) is 12.9. The van der Waals surface area contributed by atoms with E-state index in [1.165, 1.54) is 10.9 Å². The van der Waals surface area contributed by atoms with Crippen LogP contribution in [0, 0.1) is 10.1 Å². The maximum Gasteiger partial charge on any atom is 0.269 e. The molecule has 6 heteroatoms. The van der Waals surface area contributed by atoms with Gasteiger partial charge in [0.25, 0.3) is 5.69 Å². The second-order valence-electron chi connectivity index (χ2n) is 4.63. The second-order valence-corrected chi connectivity index (χ2v) is 6.49. The zero-order chi connectivity index (χ0) is 14.7. The minimum atomic E-state index is -0.355. The third-order valence-corrected chi connectivity index (χ3v) is 5.22. The van der Waals surface area contributed by atoms with Gasteiger partial charge in [-0.2, -0.15) is 0 Å². The van der Waals surface area contributed by atoms with E-state index < -0.39 is 0 Å². The maximum absolute atomic E-state index is 10.8. The first-order valence-corrected chi connectivity index (χ1v) is 7.82. The number of non-ortho nitro benzene ring substituents is 1. The van der Waals surface area contributed by atoms with Crippen LogP contribution in [0.25, 0.3) is 0 Å². The Kier molecular flexibility index (Phi) is 4.91. The summed E-state index contributed by atoms with van der Waals surface area (Å²) in [7, 11) is 2.02. The van der Waals surface area contributed by atoms with Gasteiger partial charge in [0, 0.05) is 34.1 Å². The second kappa shape index (κ2) is 6.47. The largest absolute Gasteiger partial charge is 0.295 e. The average molecular weight is 355 g/mol. The smallest absolute Gasteiger partial charge is 0.269 e. The molecule has 20 heavy (non-hydrogen) atoms. The molecule has 1 heterocycles. The summed E-state index contributed by atoms with van der Waals surface area (Å²) in [5.41, 5.74) is 1.09. The normalized spacial score (nSPS) is 12.6. The molecule has 1 aromatic heterocycles. The Bertz CT molecular complexity index is 615. The maximum atomic E-state index is 10.8. The Morgan fingerprint density at radius 1 is 1.45 bits per heavy atom. The van der Waals surface area contributed by atoms with Gasteiger partial charge in [-0.15, -0.1) is 11.3 Å². The van der Waals surface area contributed by atoms with E-state index in [-0.39, 0.29) is 16.7 Å². The molecular weight excluding hydrogens is 340 g/mol. The summed E-state index contributed by atoms with van der Waals surface area (Å²) in [6, 6.07) is 8.97. The molecule has 106 valence electrons. The molecule has 0 radical (unpaired) electrons. The van der Waals surface area contributed by atoms with E-state index >= 15 is 0 Å². The Hall–Kier alpha value is -1.24. The zero-order valence-electron chi connectivity index (χ0n) is 11.2. The third kappa shape index (κ3) is 3.45. The number of nitro benzene ring substituents is 1. The van der Waals surface area contributed by atoms with Gasteiger partial charge >= 0.3 is 0 Å².